The average Bonchev–Trinajstić information content (AvgIpc) is 2.84. The van der Waals surface area contributed by atoms with E-state index in [1.54, 1.807) is 0 Å². The normalized spacial score (nSPS) is 11.2. The van der Waals surface area contributed by atoms with Gasteiger partial charge in [0.25, 0.3) is 0 Å². The maximum atomic E-state index is 13.2. The largest absolute Gasteiger partial charge is 0.673 e. The SMILES string of the molecule is F[B-](F)(F)F.O=C(C[P+](c1ccccc1)(c1ccccc1)c1ccccc1)Oc1ccccc1. The van der Waals surface area contributed by atoms with Gasteiger partial charge in [0.1, 0.15) is 28.9 Å². The van der Waals surface area contributed by atoms with E-state index in [-0.39, 0.29) is 5.97 Å². The van der Waals surface area contributed by atoms with Crippen molar-refractivity contribution < 1.29 is 26.8 Å². The fourth-order valence-electron chi connectivity index (χ4n) is 3.61. The number of hydrogen-bond donors (Lipinski definition) is 0. The van der Waals surface area contributed by atoms with Crippen LogP contribution in [0.5, 0.6) is 5.75 Å². The molecule has 0 aliphatic rings. The Bertz CT molecular complexity index is 1060. The molecule has 0 amide bonds. The highest BCUT2D eigenvalue weighted by Gasteiger charge is 2.47. The molecule has 34 heavy (non-hydrogen) atoms. The van der Waals surface area contributed by atoms with Gasteiger partial charge in [0, 0.05) is 0 Å². The van der Waals surface area contributed by atoms with Gasteiger partial charge in [-0.05, 0) is 48.5 Å². The predicted octanol–water partition coefficient (Wildman–Crippen LogP) is 5.89. The summed E-state index contributed by atoms with van der Waals surface area (Å²) in [5.74, 6) is 0.353. The Kier molecular flexibility index (Phi) is 8.61. The molecule has 8 heteroatoms. The van der Waals surface area contributed by atoms with Crippen LogP contribution < -0.4 is 20.7 Å². The average molecular weight is 484 g/mol. The van der Waals surface area contributed by atoms with Crippen LogP contribution in [0, 0.1) is 0 Å². The highest BCUT2D eigenvalue weighted by atomic mass is 31.2. The molecule has 0 spiro atoms. The van der Waals surface area contributed by atoms with Crippen LogP contribution in [0.25, 0.3) is 0 Å². The lowest BCUT2D eigenvalue weighted by Crippen LogP contribution is -2.36. The molecule has 0 N–H and O–H groups in total. The molecule has 0 heterocycles. The molecular weight excluding hydrogens is 462 g/mol. The van der Waals surface area contributed by atoms with Crippen molar-refractivity contribution in [3.8, 4) is 5.75 Å². The smallest absolute Gasteiger partial charge is 0.424 e. The van der Waals surface area contributed by atoms with E-state index in [1.807, 2.05) is 84.9 Å². The second kappa shape index (κ2) is 11.6. The third-order valence-electron chi connectivity index (χ3n) is 4.93. The molecule has 0 atom stereocenters. The Balaban J connectivity index is 0.000000588. The molecule has 2 nitrogen and oxygen atoms in total. The number of rotatable bonds is 6. The topological polar surface area (TPSA) is 26.3 Å². The number of esters is 1. The van der Waals surface area contributed by atoms with Crippen molar-refractivity contribution in [2.24, 2.45) is 0 Å². The Morgan fingerprint density at radius 1 is 0.588 bits per heavy atom. The van der Waals surface area contributed by atoms with E-state index >= 15 is 0 Å². The van der Waals surface area contributed by atoms with Crippen molar-refractivity contribution in [2.75, 3.05) is 6.16 Å². The molecule has 0 aromatic heterocycles. The summed E-state index contributed by atoms with van der Waals surface area (Å²) in [5.41, 5.74) is 0. The van der Waals surface area contributed by atoms with Crippen molar-refractivity contribution in [1.82, 2.24) is 0 Å². The molecule has 0 fully saturated rings. The Hall–Kier alpha value is -3.44. The lowest BCUT2D eigenvalue weighted by molar-refractivity contribution is -0.131. The van der Waals surface area contributed by atoms with Gasteiger partial charge in [-0.25, -0.2) is 4.79 Å². The predicted molar refractivity (Wildman–Crippen MR) is 132 cm³/mol. The molecular formula is C26H22BF4O2P. The fourth-order valence-corrected chi connectivity index (χ4v) is 7.55. The van der Waals surface area contributed by atoms with E-state index < -0.39 is 14.5 Å². The van der Waals surface area contributed by atoms with E-state index in [2.05, 4.69) is 36.4 Å². The number of halogens is 4. The first kappa shape index (κ1) is 25.2. The van der Waals surface area contributed by atoms with Gasteiger partial charge in [0.15, 0.2) is 6.16 Å². The molecule has 0 saturated heterocycles. The highest BCUT2D eigenvalue weighted by molar-refractivity contribution is 7.96. The van der Waals surface area contributed by atoms with Gasteiger partial charge >= 0.3 is 13.2 Å². The van der Waals surface area contributed by atoms with Crippen LogP contribution >= 0.6 is 7.26 Å². The summed E-state index contributed by atoms with van der Waals surface area (Å²) < 4.78 is 44.7. The number of para-hydroxylation sites is 1. The Morgan fingerprint density at radius 2 is 0.882 bits per heavy atom. The second-order valence-corrected chi connectivity index (χ2v) is 10.7. The third kappa shape index (κ3) is 7.03. The molecule has 0 aliphatic carbocycles. The van der Waals surface area contributed by atoms with E-state index in [1.165, 1.54) is 15.9 Å². The van der Waals surface area contributed by atoms with E-state index in [0.29, 0.717) is 11.9 Å². The minimum Gasteiger partial charge on any atom is -0.424 e. The quantitative estimate of drug-likeness (QED) is 0.112. The molecule has 174 valence electrons. The van der Waals surface area contributed by atoms with Crippen molar-refractivity contribution in [3.05, 3.63) is 121 Å². The zero-order chi connectivity index (χ0) is 24.4. The van der Waals surface area contributed by atoms with Crippen LogP contribution in [-0.4, -0.2) is 19.4 Å². The van der Waals surface area contributed by atoms with Gasteiger partial charge in [-0.1, -0.05) is 72.8 Å². The maximum Gasteiger partial charge on any atom is 0.673 e. The molecule has 0 unspecified atom stereocenters. The third-order valence-corrected chi connectivity index (χ3v) is 9.20. The summed E-state index contributed by atoms with van der Waals surface area (Å²) >= 11 is 0. The summed E-state index contributed by atoms with van der Waals surface area (Å²) in [4.78, 5) is 13.2. The monoisotopic (exact) mass is 484 g/mol. The van der Waals surface area contributed by atoms with Crippen LogP contribution in [-0.2, 0) is 4.79 Å². The summed E-state index contributed by atoms with van der Waals surface area (Å²) in [6.07, 6.45) is 0.305. The van der Waals surface area contributed by atoms with Gasteiger partial charge in [0.05, 0.1) is 0 Å². The fraction of sp³-hybridized carbons (Fsp3) is 0.0385. The molecule has 0 aliphatic heterocycles. The molecule has 0 bridgehead atoms. The van der Waals surface area contributed by atoms with E-state index in [4.69, 9.17) is 4.74 Å². The van der Waals surface area contributed by atoms with Gasteiger partial charge < -0.3 is 22.0 Å². The van der Waals surface area contributed by atoms with Crippen LogP contribution in [0.1, 0.15) is 0 Å². The summed E-state index contributed by atoms with van der Waals surface area (Å²) in [7, 11) is -8.22. The highest BCUT2D eigenvalue weighted by Crippen LogP contribution is 2.55. The van der Waals surface area contributed by atoms with Gasteiger partial charge in [0.2, 0.25) is 0 Å². The maximum absolute atomic E-state index is 13.2. The first-order chi connectivity index (χ1) is 16.3. The van der Waals surface area contributed by atoms with Gasteiger partial charge in [-0.2, -0.15) is 0 Å². The lowest BCUT2D eigenvalue weighted by Gasteiger charge is -2.26. The Morgan fingerprint density at radius 3 is 1.21 bits per heavy atom. The first-order valence-corrected chi connectivity index (χ1v) is 12.4. The zero-order valence-corrected chi connectivity index (χ0v) is 19.0. The van der Waals surface area contributed by atoms with Crippen molar-refractivity contribution >= 4 is 36.4 Å². The number of carbonyl (C=O) groups is 1. The van der Waals surface area contributed by atoms with Crippen LogP contribution in [0.4, 0.5) is 17.3 Å². The molecule has 4 aromatic carbocycles. The molecule has 0 radical (unpaired) electrons. The standard InChI is InChI=1S/C26H22O2P.BF4/c27-26(28-22-13-5-1-6-14-22)21-29(23-15-7-2-8-16-23,24-17-9-3-10-18-24)25-19-11-4-12-20-25;2-1(3,4)5/h1-20H,21H2;/q+1;-1. The first-order valence-electron chi connectivity index (χ1n) is 10.5. The van der Waals surface area contributed by atoms with Gasteiger partial charge in [-0.15, -0.1) is 0 Å². The van der Waals surface area contributed by atoms with Crippen molar-refractivity contribution in [2.45, 2.75) is 0 Å². The van der Waals surface area contributed by atoms with Crippen molar-refractivity contribution in [3.63, 3.8) is 0 Å². The zero-order valence-electron chi connectivity index (χ0n) is 18.1. The van der Waals surface area contributed by atoms with Crippen molar-refractivity contribution in [1.29, 1.82) is 0 Å². The summed E-state index contributed by atoms with van der Waals surface area (Å²) in [6, 6.07) is 40.3. The minimum atomic E-state index is -6.00. The number of benzene rings is 4. The summed E-state index contributed by atoms with van der Waals surface area (Å²) in [5, 5.41) is 3.51. The Labute approximate surface area is 196 Å². The van der Waals surface area contributed by atoms with E-state index in [0.717, 1.165) is 0 Å². The van der Waals surface area contributed by atoms with Crippen LogP contribution in [0.2, 0.25) is 0 Å². The lowest BCUT2D eigenvalue weighted by atomic mass is 10.3. The van der Waals surface area contributed by atoms with Gasteiger partial charge in [-0.3, -0.25) is 0 Å². The van der Waals surface area contributed by atoms with Crippen LogP contribution in [0.15, 0.2) is 121 Å². The van der Waals surface area contributed by atoms with E-state index in [9.17, 15) is 22.1 Å². The molecule has 4 aromatic rings. The number of hydrogen-bond acceptors (Lipinski definition) is 2. The van der Waals surface area contributed by atoms with Crippen LogP contribution in [0.3, 0.4) is 0 Å². The molecule has 4 rings (SSSR count). The number of carbonyl (C=O) groups excluding carboxylic acids is 1. The minimum absolute atomic E-state index is 0.221. The number of ether oxygens (including phenoxy) is 1. The second-order valence-electron chi connectivity index (χ2n) is 7.26. The summed E-state index contributed by atoms with van der Waals surface area (Å²) in [6.45, 7) is 0. The molecule has 0 saturated carbocycles.